The molecule has 0 atom stereocenters. The van der Waals surface area contributed by atoms with Gasteiger partial charge in [-0.3, -0.25) is 9.67 Å². The lowest BCUT2D eigenvalue weighted by Gasteiger charge is -2.07. The molecule has 0 amide bonds. The highest BCUT2D eigenvalue weighted by atomic mass is 35.5. The van der Waals surface area contributed by atoms with Gasteiger partial charge in [0.1, 0.15) is 5.75 Å². The van der Waals surface area contributed by atoms with Crippen molar-refractivity contribution in [3.63, 3.8) is 0 Å². The van der Waals surface area contributed by atoms with Gasteiger partial charge in [0, 0.05) is 15.9 Å². The molecule has 7 heteroatoms. The Morgan fingerprint density at radius 3 is 2.72 bits per heavy atom. The minimum atomic E-state index is 0.524. The van der Waals surface area contributed by atoms with Crippen LogP contribution in [0.4, 0.5) is 0 Å². The number of ether oxygens (including phenoxy) is 1. The molecule has 25 heavy (non-hydrogen) atoms. The SMILES string of the molecule is CCOc1ccc(-n2c(-c3cc4cc(Cl)ccc4[nH]3)n[nH]c2=S)cc1. The third-order valence-electron chi connectivity index (χ3n) is 3.90. The third-order valence-corrected chi connectivity index (χ3v) is 4.41. The Hall–Kier alpha value is -2.57. The van der Waals surface area contributed by atoms with E-state index in [2.05, 4.69) is 15.2 Å². The Morgan fingerprint density at radius 2 is 1.96 bits per heavy atom. The van der Waals surface area contributed by atoms with Crippen LogP contribution in [-0.2, 0) is 0 Å². The van der Waals surface area contributed by atoms with Crippen LogP contribution >= 0.6 is 23.8 Å². The molecule has 0 saturated heterocycles. The van der Waals surface area contributed by atoms with Gasteiger partial charge in [0.25, 0.3) is 0 Å². The van der Waals surface area contributed by atoms with Crippen LogP contribution in [0.1, 0.15) is 6.92 Å². The molecule has 0 aliphatic heterocycles. The largest absolute Gasteiger partial charge is 0.494 e. The molecule has 2 heterocycles. The van der Waals surface area contributed by atoms with Crippen molar-refractivity contribution >= 4 is 34.7 Å². The zero-order valence-electron chi connectivity index (χ0n) is 13.4. The number of aromatic amines is 2. The number of hydrogen-bond acceptors (Lipinski definition) is 3. The number of rotatable bonds is 4. The van der Waals surface area contributed by atoms with Crippen LogP contribution in [-0.4, -0.2) is 26.4 Å². The van der Waals surface area contributed by atoms with Gasteiger partial charge in [-0.25, -0.2) is 0 Å². The number of benzene rings is 2. The molecular formula is C18H15ClN4OS. The molecule has 0 unspecified atom stereocenters. The third kappa shape index (κ3) is 2.94. The predicted octanol–water partition coefficient (Wildman–Crippen LogP) is 5.13. The fourth-order valence-corrected chi connectivity index (χ4v) is 3.22. The summed E-state index contributed by atoms with van der Waals surface area (Å²) in [6.07, 6.45) is 0. The lowest BCUT2D eigenvalue weighted by Crippen LogP contribution is -1.98. The Bertz CT molecular complexity index is 1090. The van der Waals surface area contributed by atoms with Crippen molar-refractivity contribution in [1.29, 1.82) is 0 Å². The molecule has 2 N–H and O–H groups in total. The standard InChI is InChI=1S/C18H15ClN4OS/c1-2-24-14-6-4-13(5-7-14)23-17(21-22-18(23)25)16-10-11-9-12(19)3-8-15(11)20-16/h3-10,20H,2H2,1H3,(H,22,25). The number of nitrogens with zero attached hydrogens (tertiary/aromatic N) is 2. The summed E-state index contributed by atoms with van der Waals surface area (Å²) in [4.78, 5) is 3.36. The van der Waals surface area contributed by atoms with Gasteiger partial charge in [0.2, 0.25) is 0 Å². The summed E-state index contributed by atoms with van der Waals surface area (Å²) in [5.41, 5.74) is 2.76. The second kappa shape index (κ2) is 6.38. The summed E-state index contributed by atoms with van der Waals surface area (Å²) in [6.45, 7) is 2.59. The van der Waals surface area contributed by atoms with E-state index in [-0.39, 0.29) is 0 Å². The first-order valence-electron chi connectivity index (χ1n) is 7.85. The van der Waals surface area contributed by atoms with Crippen LogP contribution in [0.2, 0.25) is 5.02 Å². The van der Waals surface area contributed by atoms with Crippen LogP contribution < -0.4 is 4.74 Å². The fourth-order valence-electron chi connectivity index (χ4n) is 2.80. The van der Waals surface area contributed by atoms with Crippen LogP contribution in [0, 0.1) is 4.77 Å². The quantitative estimate of drug-likeness (QED) is 0.489. The smallest absolute Gasteiger partial charge is 0.200 e. The maximum atomic E-state index is 6.08. The van der Waals surface area contributed by atoms with E-state index in [9.17, 15) is 0 Å². The maximum absolute atomic E-state index is 6.08. The highest BCUT2D eigenvalue weighted by Crippen LogP contribution is 2.27. The lowest BCUT2D eigenvalue weighted by atomic mass is 10.2. The van der Waals surface area contributed by atoms with Crippen LogP contribution in [0.25, 0.3) is 28.1 Å². The molecule has 126 valence electrons. The van der Waals surface area contributed by atoms with E-state index in [4.69, 9.17) is 28.6 Å². The first-order valence-corrected chi connectivity index (χ1v) is 8.63. The Kier molecular flexibility index (Phi) is 4.07. The van der Waals surface area contributed by atoms with Crippen LogP contribution in [0.5, 0.6) is 5.75 Å². The molecule has 0 radical (unpaired) electrons. The summed E-state index contributed by atoms with van der Waals surface area (Å²) in [7, 11) is 0. The number of nitrogens with one attached hydrogen (secondary N) is 2. The molecule has 4 rings (SSSR count). The second-order valence-electron chi connectivity index (χ2n) is 5.53. The lowest BCUT2D eigenvalue weighted by molar-refractivity contribution is 0.340. The summed E-state index contributed by atoms with van der Waals surface area (Å²) in [5, 5.41) is 8.98. The zero-order chi connectivity index (χ0) is 17.4. The molecule has 0 aliphatic rings. The minimum absolute atomic E-state index is 0.524. The summed E-state index contributed by atoms with van der Waals surface area (Å²) < 4.78 is 7.91. The van der Waals surface area contributed by atoms with E-state index in [1.54, 1.807) is 0 Å². The monoisotopic (exact) mass is 370 g/mol. The molecule has 5 nitrogen and oxygen atoms in total. The van der Waals surface area contributed by atoms with E-state index in [1.165, 1.54) is 0 Å². The van der Waals surface area contributed by atoms with Crippen LogP contribution in [0.3, 0.4) is 0 Å². The average Bonchev–Trinajstić information content (AvgIpc) is 3.19. The average molecular weight is 371 g/mol. The zero-order valence-corrected chi connectivity index (χ0v) is 15.0. The number of hydrogen-bond donors (Lipinski definition) is 2. The molecule has 0 fully saturated rings. The molecule has 0 aliphatic carbocycles. The molecule has 0 saturated carbocycles. The number of halogens is 1. The Morgan fingerprint density at radius 1 is 1.16 bits per heavy atom. The van der Waals surface area contributed by atoms with Crippen molar-refractivity contribution in [3.8, 4) is 23.0 Å². The van der Waals surface area contributed by atoms with E-state index in [0.29, 0.717) is 22.2 Å². The van der Waals surface area contributed by atoms with Crippen molar-refractivity contribution in [1.82, 2.24) is 19.7 Å². The predicted molar refractivity (Wildman–Crippen MR) is 102 cm³/mol. The summed E-state index contributed by atoms with van der Waals surface area (Å²) in [5.74, 6) is 1.53. The summed E-state index contributed by atoms with van der Waals surface area (Å²) in [6, 6.07) is 15.5. The topological polar surface area (TPSA) is 58.6 Å². The van der Waals surface area contributed by atoms with Crippen molar-refractivity contribution in [2.45, 2.75) is 6.92 Å². The number of aromatic nitrogens is 4. The van der Waals surface area contributed by atoms with Gasteiger partial charge in [-0.1, -0.05) is 11.6 Å². The first kappa shape index (κ1) is 15.9. The van der Waals surface area contributed by atoms with Crippen molar-refractivity contribution in [3.05, 3.63) is 58.3 Å². The van der Waals surface area contributed by atoms with Gasteiger partial charge in [0.15, 0.2) is 10.6 Å². The van der Waals surface area contributed by atoms with E-state index in [0.717, 1.165) is 28.0 Å². The maximum Gasteiger partial charge on any atom is 0.200 e. The second-order valence-corrected chi connectivity index (χ2v) is 6.35. The summed E-state index contributed by atoms with van der Waals surface area (Å²) >= 11 is 11.5. The highest BCUT2D eigenvalue weighted by Gasteiger charge is 2.13. The van der Waals surface area contributed by atoms with E-state index >= 15 is 0 Å². The van der Waals surface area contributed by atoms with Gasteiger partial charge in [-0.15, -0.1) is 0 Å². The molecule has 2 aromatic heterocycles. The molecule has 0 bridgehead atoms. The highest BCUT2D eigenvalue weighted by molar-refractivity contribution is 7.71. The number of H-pyrrole nitrogens is 2. The van der Waals surface area contributed by atoms with Crippen molar-refractivity contribution in [2.75, 3.05) is 6.61 Å². The Labute approximate surface area is 154 Å². The van der Waals surface area contributed by atoms with Gasteiger partial charge < -0.3 is 9.72 Å². The minimum Gasteiger partial charge on any atom is -0.494 e. The van der Waals surface area contributed by atoms with E-state index in [1.807, 2.05) is 60.0 Å². The van der Waals surface area contributed by atoms with E-state index < -0.39 is 0 Å². The molecule has 0 spiro atoms. The number of fused-ring (bicyclic) bond motifs is 1. The van der Waals surface area contributed by atoms with Crippen molar-refractivity contribution in [2.24, 2.45) is 0 Å². The molecule has 4 aromatic rings. The fraction of sp³-hybridized carbons (Fsp3) is 0.111. The Balaban J connectivity index is 1.82. The molecular weight excluding hydrogens is 356 g/mol. The van der Waals surface area contributed by atoms with Crippen LogP contribution in [0.15, 0.2) is 48.5 Å². The van der Waals surface area contributed by atoms with Crippen molar-refractivity contribution < 1.29 is 4.74 Å². The van der Waals surface area contributed by atoms with Gasteiger partial charge in [-0.2, -0.15) is 5.10 Å². The normalized spacial score (nSPS) is 11.1. The first-order chi connectivity index (χ1) is 12.2. The van der Waals surface area contributed by atoms with Gasteiger partial charge in [-0.05, 0) is 67.7 Å². The molecule has 2 aromatic carbocycles. The van der Waals surface area contributed by atoms with Gasteiger partial charge in [0.05, 0.1) is 18.0 Å². The van der Waals surface area contributed by atoms with Gasteiger partial charge >= 0.3 is 0 Å².